The number of carbonyl (C=O) groups is 4. The summed E-state index contributed by atoms with van der Waals surface area (Å²) >= 11 is 0. The van der Waals surface area contributed by atoms with Crippen LogP contribution in [0.3, 0.4) is 0 Å². The fourth-order valence-electron chi connectivity index (χ4n) is 3.85. The Morgan fingerprint density at radius 2 is 1.59 bits per heavy atom. The quantitative estimate of drug-likeness (QED) is 0.360. The van der Waals surface area contributed by atoms with Crippen LogP contribution in [0, 0.1) is 0 Å². The van der Waals surface area contributed by atoms with Gasteiger partial charge in [-0.05, 0) is 71.9 Å². The summed E-state index contributed by atoms with van der Waals surface area (Å²) in [6.45, 7) is 15.2. The van der Waals surface area contributed by atoms with Gasteiger partial charge in [0.15, 0.2) is 0 Å². The van der Waals surface area contributed by atoms with Gasteiger partial charge in [0.05, 0.1) is 0 Å². The number of alkyl carbamates (subject to hydrolysis) is 1. The molecule has 208 valence electrons. The minimum Gasteiger partial charge on any atom is -0.444 e. The molecule has 0 aromatic heterocycles. The monoisotopic (exact) mass is 518 g/mol. The Morgan fingerprint density at radius 3 is 2.05 bits per heavy atom. The molecule has 0 aliphatic heterocycles. The van der Waals surface area contributed by atoms with E-state index in [1.54, 1.807) is 20.8 Å². The highest BCUT2D eigenvalue weighted by atomic mass is 16.6. The number of primary amides is 1. The van der Waals surface area contributed by atoms with E-state index in [2.05, 4.69) is 10.6 Å². The summed E-state index contributed by atoms with van der Waals surface area (Å²) in [5.74, 6) is -1.42. The van der Waals surface area contributed by atoms with Gasteiger partial charge in [-0.1, -0.05) is 44.5 Å². The van der Waals surface area contributed by atoms with E-state index in [1.807, 2.05) is 58.9 Å². The number of nitrogens with two attached hydrogens (primary N) is 1. The molecule has 0 bridgehead atoms. The summed E-state index contributed by atoms with van der Waals surface area (Å²) in [4.78, 5) is 53.3. The fourth-order valence-corrected chi connectivity index (χ4v) is 3.85. The number of nitrogens with one attached hydrogen (secondary N) is 2. The van der Waals surface area contributed by atoms with Gasteiger partial charge in [-0.2, -0.15) is 0 Å². The van der Waals surface area contributed by atoms with E-state index in [-0.39, 0.29) is 18.7 Å². The summed E-state index contributed by atoms with van der Waals surface area (Å²) in [6, 6.07) is 5.52. The summed E-state index contributed by atoms with van der Waals surface area (Å²) in [6.07, 6.45) is 1.61. The van der Waals surface area contributed by atoms with Crippen LogP contribution in [0.4, 0.5) is 4.79 Å². The van der Waals surface area contributed by atoms with Gasteiger partial charge in [-0.25, -0.2) is 4.79 Å². The molecule has 1 rings (SSSR count). The highest BCUT2D eigenvalue weighted by Gasteiger charge is 2.41. The molecule has 1 aromatic rings. The molecular formula is C28H46N4O5. The average Bonchev–Trinajstić information content (AvgIpc) is 2.77. The minimum absolute atomic E-state index is 0.0288. The summed E-state index contributed by atoms with van der Waals surface area (Å²) in [7, 11) is 0. The van der Waals surface area contributed by atoms with E-state index in [0.717, 1.165) is 24.8 Å². The Hall–Kier alpha value is -3.10. The number of benzene rings is 1. The topological polar surface area (TPSA) is 131 Å². The zero-order chi connectivity index (χ0) is 28.4. The summed E-state index contributed by atoms with van der Waals surface area (Å²) in [5.41, 5.74) is 5.52. The van der Waals surface area contributed by atoms with Crippen LogP contribution in [0.5, 0.6) is 0 Å². The van der Waals surface area contributed by atoms with E-state index < -0.39 is 41.1 Å². The second-order valence-electron chi connectivity index (χ2n) is 11.2. The van der Waals surface area contributed by atoms with Crippen molar-refractivity contribution in [3.8, 4) is 0 Å². The van der Waals surface area contributed by atoms with Crippen molar-refractivity contribution < 1.29 is 23.9 Å². The molecule has 0 aliphatic carbocycles. The molecule has 37 heavy (non-hydrogen) atoms. The van der Waals surface area contributed by atoms with Crippen molar-refractivity contribution in [3.05, 3.63) is 35.4 Å². The predicted octanol–water partition coefficient (Wildman–Crippen LogP) is 3.99. The molecule has 0 heterocycles. The third-order valence-corrected chi connectivity index (χ3v) is 5.67. The lowest BCUT2D eigenvalue weighted by atomic mass is 9.94. The van der Waals surface area contributed by atoms with Crippen molar-refractivity contribution in [2.45, 2.75) is 111 Å². The summed E-state index contributed by atoms with van der Waals surface area (Å²) < 4.78 is 5.36. The Labute approximate surface area is 221 Å². The maximum Gasteiger partial charge on any atom is 0.408 e. The highest BCUT2D eigenvalue weighted by molar-refractivity contribution is 5.93. The Bertz CT molecular complexity index is 916. The van der Waals surface area contributed by atoms with E-state index in [9.17, 15) is 19.2 Å². The van der Waals surface area contributed by atoms with Crippen LogP contribution >= 0.6 is 0 Å². The number of hydrogen-bond acceptors (Lipinski definition) is 5. The zero-order valence-electron chi connectivity index (χ0n) is 23.8. The van der Waals surface area contributed by atoms with Crippen molar-refractivity contribution in [1.29, 1.82) is 0 Å². The molecule has 2 atom stereocenters. The van der Waals surface area contributed by atoms with Crippen molar-refractivity contribution >= 4 is 23.8 Å². The third-order valence-electron chi connectivity index (χ3n) is 5.67. The lowest BCUT2D eigenvalue weighted by Crippen LogP contribution is -2.58. The minimum atomic E-state index is -1.12. The molecule has 0 aliphatic rings. The van der Waals surface area contributed by atoms with Crippen LogP contribution in [-0.4, -0.2) is 52.4 Å². The molecule has 9 heteroatoms. The number of aryl methyl sites for hydroxylation is 1. The molecule has 4 N–H and O–H groups in total. The van der Waals surface area contributed by atoms with Gasteiger partial charge in [-0.3, -0.25) is 14.4 Å². The first-order valence-corrected chi connectivity index (χ1v) is 13.1. The highest BCUT2D eigenvalue weighted by Crippen LogP contribution is 2.31. The number of amides is 4. The second-order valence-corrected chi connectivity index (χ2v) is 11.2. The molecule has 0 radical (unpaired) electrons. The van der Waals surface area contributed by atoms with Gasteiger partial charge >= 0.3 is 6.09 Å². The smallest absolute Gasteiger partial charge is 0.408 e. The standard InChI is InChI=1S/C28H46N4O5/c1-9-11-18-30-24(34)23(20-14-12-19(10-2)13-15-20)32(27(3,4)5)25(35)21(16-17-22(29)33)31-26(36)37-28(6,7)8/h12-15,21,23H,9-11,16-18H2,1-8H3,(H2,29,33)(H,30,34)(H,31,36). The number of hydrogen-bond donors (Lipinski definition) is 3. The van der Waals surface area contributed by atoms with Crippen LogP contribution in [0.1, 0.15) is 98.2 Å². The average molecular weight is 519 g/mol. The SMILES string of the molecule is CCCCNC(=O)C(c1ccc(CC)cc1)N(C(=O)C(CCC(N)=O)NC(=O)OC(C)(C)C)C(C)(C)C. The molecule has 0 fully saturated rings. The van der Waals surface area contributed by atoms with E-state index >= 15 is 0 Å². The van der Waals surface area contributed by atoms with Gasteiger partial charge in [0.2, 0.25) is 17.7 Å². The van der Waals surface area contributed by atoms with Crippen molar-refractivity contribution in [2.24, 2.45) is 5.73 Å². The van der Waals surface area contributed by atoms with E-state index in [4.69, 9.17) is 10.5 Å². The van der Waals surface area contributed by atoms with Gasteiger partial charge in [0, 0.05) is 18.5 Å². The van der Waals surface area contributed by atoms with Crippen molar-refractivity contribution in [1.82, 2.24) is 15.5 Å². The molecule has 0 saturated carbocycles. The van der Waals surface area contributed by atoms with Crippen LogP contribution in [0.15, 0.2) is 24.3 Å². The lowest BCUT2D eigenvalue weighted by Gasteiger charge is -2.43. The van der Waals surface area contributed by atoms with Crippen LogP contribution in [0.25, 0.3) is 0 Å². The van der Waals surface area contributed by atoms with Crippen molar-refractivity contribution in [2.75, 3.05) is 6.54 Å². The molecule has 9 nitrogen and oxygen atoms in total. The van der Waals surface area contributed by atoms with E-state index in [0.29, 0.717) is 12.1 Å². The van der Waals surface area contributed by atoms with Gasteiger partial charge in [0.25, 0.3) is 0 Å². The van der Waals surface area contributed by atoms with Crippen LogP contribution < -0.4 is 16.4 Å². The Balaban J connectivity index is 3.53. The summed E-state index contributed by atoms with van der Waals surface area (Å²) in [5, 5.41) is 5.57. The molecule has 0 spiro atoms. The molecule has 0 saturated heterocycles. The third kappa shape index (κ3) is 10.8. The first-order valence-electron chi connectivity index (χ1n) is 13.1. The molecule has 1 aromatic carbocycles. The van der Waals surface area contributed by atoms with Gasteiger partial charge < -0.3 is 26.0 Å². The molecular weight excluding hydrogens is 472 g/mol. The maximum atomic E-state index is 14.1. The normalized spacial score (nSPS) is 13.3. The van der Waals surface area contributed by atoms with Crippen LogP contribution in [-0.2, 0) is 25.5 Å². The second kappa shape index (κ2) is 14.0. The first-order chi connectivity index (χ1) is 17.1. The Morgan fingerprint density at radius 1 is 1.00 bits per heavy atom. The number of rotatable bonds is 12. The van der Waals surface area contributed by atoms with E-state index in [1.165, 1.54) is 4.90 Å². The van der Waals surface area contributed by atoms with Gasteiger partial charge in [0.1, 0.15) is 17.7 Å². The lowest BCUT2D eigenvalue weighted by molar-refractivity contribution is -0.148. The van der Waals surface area contributed by atoms with Gasteiger partial charge in [-0.15, -0.1) is 0 Å². The predicted molar refractivity (Wildman–Crippen MR) is 145 cm³/mol. The first kappa shape index (κ1) is 31.9. The molecule has 2 unspecified atom stereocenters. The Kier molecular flexibility index (Phi) is 12.1. The number of ether oxygens (including phenoxy) is 1. The number of unbranched alkanes of at least 4 members (excludes halogenated alkanes) is 1. The number of nitrogens with zero attached hydrogens (tertiary/aromatic N) is 1. The fraction of sp³-hybridized carbons (Fsp3) is 0.643. The maximum absolute atomic E-state index is 14.1. The largest absolute Gasteiger partial charge is 0.444 e. The van der Waals surface area contributed by atoms with Crippen molar-refractivity contribution in [3.63, 3.8) is 0 Å². The van der Waals surface area contributed by atoms with Crippen LogP contribution in [0.2, 0.25) is 0 Å². The molecule has 4 amide bonds. The zero-order valence-corrected chi connectivity index (χ0v) is 23.8. The number of carbonyl (C=O) groups excluding carboxylic acids is 4.